The van der Waals surface area contributed by atoms with Crippen LogP contribution in [0.15, 0.2) is 89.6 Å². The van der Waals surface area contributed by atoms with E-state index >= 15 is 0 Å². The van der Waals surface area contributed by atoms with Gasteiger partial charge in [0.1, 0.15) is 17.0 Å². The number of ether oxygens (including phenoxy) is 3. The molecule has 1 amide bonds. The van der Waals surface area contributed by atoms with E-state index in [1.54, 1.807) is 12.3 Å². The molecule has 1 unspecified atom stereocenters. The van der Waals surface area contributed by atoms with E-state index in [1.807, 2.05) is 41.4 Å². The maximum Gasteiger partial charge on any atom is 0.293 e. The van der Waals surface area contributed by atoms with Crippen LogP contribution in [-0.4, -0.2) is 117 Å². The normalized spacial score (nSPS) is 19.4. The Bertz CT molecular complexity index is 2680. The summed E-state index contributed by atoms with van der Waals surface area (Å²) >= 11 is 0. The fourth-order valence-electron chi connectivity index (χ4n) is 8.99. The number of hydrogen-bond acceptors (Lipinski definition) is 14. The van der Waals surface area contributed by atoms with Crippen molar-refractivity contribution in [3.63, 3.8) is 0 Å². The number of aromatic nitrogens is 3. The molecule has 17 nitrogen and oxygen atoms in total. The molecule has 2 saturated heterocycles. The van der Waals surface area contributed by atoms with Crippen LogP contribution in [0.4, 0.5) is 28.4 Å². The number of rotatable bonds is 12. The molecule has 18 heteroatoms. The molecule has 0 bridgehead atoms. The number of amides is 1. The molecule has 2 aromatic carbocycles. The predicted molar refractivity (Wildman–Crippen MR) is 244 cm³/mol. The fraction of sp³-hybridized carbons (Fsp3) is 0.413. The summed E-state index contributed by atoms with van der Waals surface area (Å²) in [6, 6.07) is 18.9. The van der Waals surface area contributed by atoms with Gasteiger partial charge in [-0.05, 0) is 91.3 Å². The van der Waals surface area contributed by atoms with Crippen molar-refractivity contribution in [3.8, 4) is 5.88 Å². The zero-order chi connectivity index (χ0) is 44.4. The molecule has 5 aromatic rings. The number of nitro benzene ring substituents is 1. The monoisotopic (exact) mass is 891 g/mol. The van der Waals surface area contributed by atoms with Gasteiger partial charge in [0.15, 0.2) is 0 Å². The Morgan fingerprint density at radius 3 is 2.64 bits per heavy atom. The molecule has 6 heterocycles. The molecule has 1 aliphatic carbocycles. The summed E-state index contributed by atoms with van der Waals surface area (Å²) in [6.45, 7) is 11.0. The molecule has 3 N–H and O–H groups in total. The minimum Gasteiger partial charge on any atom is -0.476 e. The second-order valence-electron chi connectivity index (χ2n) is 17.5. The number of anilines is 4. The predicted octanol–water partition coefficient (Wildman–Crippen LogP) is 6.52. The smallest absolute Gasteiger partial charge is 0.293 e. The van der Waals surface area contributed by atoms with Crippen molar-refractivity contribution in [2.75, 3.05) is 87.4 Å². The van der Waals surface area contributed by atoms with Crippen molar-refractivity contribution in [2.45, 2.75) is 50.5 Å². The van der Waals surface area contributed by atoms with Crippen molar-refractivity contribution in [1.29, 1.82) is 0 Å². The Morgan fingerprint density at radius 1 is 1.00 bits per heavy atom. The topological polar surface area (TPSA) is 197 Å². The number of H-pyrrole nitrogens is 1. The van der Waals surface area contributed by atoms with Gasteiger partial charge < -0.3 is 34.3 Å². The number of hydrogen-bond donors (Lipinski definition) is 3. The third kappa shape index (κ3) is 9.40. The zero-order valence-corrected chi connectivity index (χ0v) is 36.9. The lowest BCUT2D eigenvalue weighted by atomic mass is 9.73. The van der Waals surface area contributed by atoms with Crippen LogP contribution in [0.2, 0.25) is 0 Å². The summed E-state index contributed by atoms with van der Waals surface area (Å²) in [4.78, 5) is 44.8. The van der Waals surface area contributed by atoms with Gasteiger partial charge in [0.05, 0.1) is 59.3 Å². The van der Waals surface area contributed by atoms with Crippen LogP contribution in [0.3, 0.4) is 0 Å². The molecule has 64 heavy (non-hydrogen) atoms. The number of nitro groups is 1. The molecule has 1 atom stereocenters. The zero-order valence-electron chi connectivity index (χ0n) is 36.0. The molecular weight excluding hydrogens is 839 g/mol. The molecule has 9 rings (SSSR count). The molecule has 0 saturated carbocycles. The number of nitrogens with one attached hydrogen (secondary N) is 3. The number of fused-ring (bicyclic) bond motifs is 2. The van der Waals surface area contributed by atoms with Crippen LogP contribution in [-0.2, 0) is 19.5 Å². The van der Waals surface area contributed by atoms with Gasteiger partial charge in [0.2, 0.25) is 5.88 Å². The van der Waals surface area contributed by atoms with Crippen LogP contribution in [0.1, 0.15) is 55.6 Å². The van der Waals surface area contributed by atoms with E-state index in [1.165, 1.54) is 23.3 Å². The summed E-state index contributed by atoms with van der Waals surface area (Å²) in [5.41, 5.74) is 6.49. The molecular formula is C46H53N9O8S. The number of aromatic amines is 1. The van der Waals surface area contributed by atoms with E-state index in [2.05, 4.69) is 50.8 Å². The third-order valence-corrected chi connectivity index (χ3v) is 13.8. The molecule has 336 valence electrons. The van der Waals surface area contributed by atoms with Crippen molar-refractivity contribution in [2.24, 2.45) is 5.41 Å². The number of carbonyl (C=O) groups excluding carboxylic acids is 1. The van der Waals surface area contributed by atoms with Gasteiger partial charge >= 0.3 is 0 Å². The summed E-state index contributed by atoms with van der Waals surface area (Å²) < 4.78 is 47.2. The fourth-order valence-corrected chi connectivity index (χ4v) is 9.98. The highest BCUT2D eigenvalue weighted by molar-refractivity contribution is 7.90. The first kappa shape index (κ1) is 43.2. The van der Waals surface area contributed by atoms with E-state index in [9.17, 15) is 23.3 Å². The van der Waals surface area contributed by atoms with Crippen LogP contribution in [0, 0.1) is 15.5 Å². The van der Waals surface area contributed by atoms with Gasteiger partial charge in [0.25, 0.3) is 21.6 Å². The standard InChI is InChI=1S/C46H53N9O8S/c1-46(2)13-11-32(37(27-46)38-6-3-4-14-47-38)29-52-17-19-53(20-18-52)33-7-9-36(40(25-33)54-16-5-21-63-45-42(54)24-31-12-15-48-43(31)50-45)44(56)51-64(59,60)35-8-10-39(41(26-35)55(57)58)49-28-34-30-61-22-23-62-34/h3-4,6-10,12,14-15,24-26,34,49H,5,11,13,16-23,27-30H2,1-2H3,(H,48,50)(H,51,56). The Kier molecular flexibility index (Phi) is 12.3. The van der Waals surface area contributed by atoms with E-state index in [0.717, 1.165) is 74.8 Å². The molecule has 3 aliphatic heterocycles. The molecule has 0 spiro atoms. The number of sulfonamides is 1. The number of pyridine rings is 2. The quantitative estimate of drug-likeness (QED) is 0.0904. The maximum atomic E-state index is 14.3. The third-order valence-electron chi connectivity index (χ3n) is 12.5. The highest BCUT2D eigenvalue weighted by Crippen LogP contribution is 2.43. The van der Waals surface area contributed by atoms with E-state index < -0.39 is 31.4 Å². The Morgan fingerprint density at radius 2 is 1.86 bits per heavy atom. The average molecular weight is 892 g/mol. The van der Waals surface area contributed by atoms with Crippen LogP contribution in [0.25, 0.3) is 16.6 Å². The van der Waals surface area contributed by atoms with Crippen LogP contribution < -0.4 is 24.6 Å². The minimum absolute atomic E-state index is 0.102. The first-order chi connectivity index (χ1) is 30.9. The summed E-state index contributed by atoms with van der Waals surface area (Å²) in [7, 11) is -4.59. The largest absolute Gasteiger partial charge is 0.476 e. The first-order valence-corrected chi connectivity index (χ1v) is 23.3. The second-order valence-corrected chi connectivity index (χ2v) is 19.2. The Hall–Kier alpha value is -6.08. The van der Waals surface area contributed by atoms with Crippen molar-refractivity contribution < 1.29 is 32.3 Å². The van der Waals surface area contributed by atoms with Gasteiger partial charge in [-0.3, -0.25) is 24.8 Å². The summed E-state index contributed by atoms with van der Waals surface area (Å²) in [5.74, 6) is -0.500. The lowest BCUT2D eigenvalue weighted by Gasteiger charge is -2.39. The minimum atomic E-state index is -4.59. The highest BCUT2D eigenvalue weighted by atomic mass is 32.2. The van der Waals surface area contributed by atoms with Gasteiger partial charge in [0, 0.05) is 75.3 Å². The highest BCUT2D eigenvalue weighted by Gasteiger charge is 2.32. The van der Waals surface area contributed by atoms with Gasteiger partial charge in [-0.2, -0.15) is 4.98 Å². The number of nitrogens with zero attached hydrogens (tertiary/aromatic N) is 6. The molecule has 2 fully saturated rings. The SMILES string of the molecule is CC1(C)CCC(CN2CCN(c3ccc(C(=O)NS(=O)(=O)c4ccc(NCC5COCCO5)c([N+](=O)[O-])c4)c(N4CCCOc5nc6[nH]ccc6cc54)c3)CC2)=C(c2ccccn2)C1. The molecule has 3 aromatic heterocycles. The second kappa shape index (κ2) is 18.2. The van der Waals surface area contributed by atoms with Crippen LogP contribution in [0.5, 0.6) is 5.88 Å². The number of benzene rings is 2. The van der Waals surface area contributed by atoms with Gasteiger partial charge in [-0.15, -0.1) is 0 Å². The summed E-state index contributed by atoms with van der Waals surface area (Å²) in [5, 5.41) is 16.0. The first-order valence-electron chi connectivity index (χ1n) is 21.8. The number of allylic oxidation sites excluding steroid dienone is 1. The van der Waals surface area contributed by atoms with Crippen molar-refractivity contribution >= 4 is 61.0 Å². The average Bonchev–Trinajstić information content (AvgIpc) is 3.66. The molecule has 0 radical (unpaired) electrons. The number of carbonyl (C=O) groups is 1. The van der Waals surface area contributed by atoms with E-state index in [4.69, 9.17) is 24.2 Å². The Balaban J connectivity index is 0.988. The lowest BCUT2D eigenvalue weighted by Crippen LogP contribution is -2.47. The van der Waals surface area contributed by atoms with Crippen molar-refractivity contribution in [3.05, 3.63) is 106 Å². The molecule has 4 aliphatic rings. The lowest BCUT2D eigenvalue weighted by molar-refractivity contribution is -0.384. The van der Waals surface area contributed by atoms with Crippen molar-refractivity contribution in [1.82, 2.24) is 24.6 Å². The summed E-state index contributed by atoms with van der Waals surface area (Å²) in [6.07, 6.45) is 7.11. The van der Waals surface area contributed by atoms with E-state index in [0.29, 0.717) is 62.3 Å². The Labute approximate surface area is 372 Å². The number of piperazine rings is 1. The van der Waals surface area contributed by atoms with Crippen LogP contribution >= 0.6 is 0 Å². The van der Waals surface area contributed by atoms with Gasteiger partial charge in [-0.1, -0.05) is 25.5 Å². The van der Waals surface area contributed by atoms with E-state index in [-0.39, 0.29) is 29.3 Å². The van der Waals surface area contributed by atoms with Gasteiger partial charge in [-0.25, -0.2) is 13.1 Å². The maximum absolute atomic E-state index is 14.3.